The number of hydrogen-bond donors (Lipinski definition) is 2. The Kier molecular flexibility index (Phi) is 4.41. The van der Waals surface area contributed by atoms with E-state index in [1.807, 2.05) is 0 Å². The van der Waals surface area contributed by atoms with Crippen LogP contribution in [0, 0.1) is 5.82 Å². The molecule has 1 aromatic rings. The van der Waals surface area contributed by atoms with Gasteiger partial charge in [-0.1, -0.05) is 12.1 Å². The number of nitrogens with one attached hydrogen (secondary N) is 1. The smallest absolute Gasteiger partial charge is 0.334 e. The molecule has 2 N–H and O–H groups in total. The molecule has 2 aliphatic rings. The number of carboxylic acid groups (broad SMARTS) is 1. The van der Waals surface area contributed by atoms with E-state index in [0.717, 1.165) is 13.0 Å². The Bertz CT molecular complexity index is 827. The fourth-order valence-corrected chi connectivity index (χ4v) is 3.60. The van der Waals surface area contributed by atoms with E-state index in [1.165, 1.54) is 12.1 Å². The number of carboxylic acids is 1. The van der Waals surface area contributed by atoms with Crippen molar-refractivity contribution in [3.63, 3.8) is 0 Å². The molecule has 0 aromatic heterocycles. The maximum absolute atomic E-state index is 14.2. The number of benzene rings is 1. The van der Waals surface area contributed by atoms with Crippen LogP contribution in [0.5, 0.6) is 0 Å². The second kappa shape index (κ2) is 6.38. The van der Waals surface area contributed by atoms with Gasteiger partial charge in [0.2, 0.25) is 0 Å². The molecule has 1 unspecified atom stereocenters. The largest absolute Gasteiger partial charge is 0.478 e. The lowest BCUT2D eigenvalue weighted by Crippen LogP contribution is -2.31. The van der Waals surface area contributed by atoms with Gasteiger partial charge in [-0.2, -0.15) is 0 Å². The Hall–Kier alpha value is -2.57. The lowest BCUT2D eigenvalue weighted by molar-refractivity contribution is -0.133. The monoisotopic (exact) mass is 351 g/mol. The van der Waals surface area contributed by atoms with Crippen LogP contribution in [0.2, 0.25) is 0 Å². The maximum Gasteiger partial charge on any atom is 0.334 e. The van der Waals surface area contributed by atoms with Crippen LogP contribution in [0.1, 0.15) is 43.0 Å². The summed E-state index contributed by atoms with van der Waals surface area (Å²) in [6.07, 6.45) is -1.25. The number of allylic oxidation sites excluding steroid dienone is 3. The lowest BCUT2D eigenvalue weighted by Gasteiger charge is -2.30. The summed E-state index contributed by atoms with van der Waals surface area (Å²) in [6.45, 7) is 0.0495. The molecule has 0 radical (unpaired) electrons. The molecular weight excluding hydrogens is 335 g/mol. The summed E-state index contributed by atoms with van der Waals surface area (Å²) in [4.78, 5) is 24.1. The zero-order chi connectivity index (χ0) is 18.3. The van der Waals surface area contributed by atoms with Crippen molar-refractivity contribution < 1.29 is 27.9 Å². The van der Waals surface area contributed by atoms with Crippen molar-refractivity contribution in [2.45, 2.75) is 31.9 Å². The molecule has 25 heavy (non-hydrogen) atoms. The molecule has 1 aromatic carbocycles. The second-order valence-corrected chi connectivity index (χ2v) is 6.06. The fraction of sp³-hybridized carbons (Fsp3) is 0.333. The van der Waals surface area contributed by atoms with Crippen LogP contribution in [-0.4, -0.2) is 23.5 Å². The van der Waals surface area contributed by atoms with Gasteiger partial charge in [0.15, 0.2) is 5.78 Å². The van der Waals surface area contributed by atoms with Crippen molar-refractivity contribution in [1.29, 1.82) is 0 Å². The van der Waals surface area contributed by atoms with E-state index in [-0.39, 0.29) is 40.2 Å². The van der Waals surface area contributed by atoms with Gasteiger partial charge in [0.25, 0.3) is 0 Å². The van der Waals surface area contributed by atoms with Crippen LogP contribution in [0.3, 0.4) is 0 Å². The lowest BCUT2D eigenvalue weighted by atomic mass is 9.78. The van der Waals surface area contributed by atoms with Gasteiger partial charge in [-0.25, -0.2) is 18.0 Å². The molecule has 0 spiro atoms. The number of ketones is 1. The highest BCUT2D eigenvalue weighted by molar-refractivity contribution is 6.04. The highest BCUT2D eigenvalue weighted by atomic mass is 19.1. The third-order valence-electron chi connectivity index (χ3n) is 4.59. The zero-order valence-electron chi connectivity index (χ0n) is 13.4. The normalized spacial score (nSPS) is 21.3. The molecule has 0 amide bonds. The second-order valence-electron chi connectivity index (χ2n) is 6.06. The van der Waals surface area contributed by atoms with Crippen LogP contribution in [0.4, 0.5) is 13.2 Å². The predicted molar refractivity (Wildman–Crippen MR) is 83.7 cm³/mol. The van der Waals surface area contributed by atoms with Gasteiger partial charge < -0.3 is 10.4 Å². The molecule has 2 atom stereocenters. The third-order valence-corrected chi connectivity index (χ3v) is 4.59. The van der Waals surface area contributed by atoms with Crippen molar-refractivity contribution in [2.75, 3.05) is 6.67 Å². The van der Waals surface area contributed by atoms with Crippen molar-refractivity contribution in [3.8, 4) is 0 Å². The minimum Gasteiger partial charge on any atom is -0.478 e. The Labute approximate surface area is 142 Å². The van der Waals surface area contributed by atoms with Crippen LogP contribution in [-0.2, 0) is 9.59 Å². The highest BCUT2D eigenvalue weighted by Crippen LogP contribution is 2.45. The average molecular weight is 351 g/mol. The molecule has 4 nitrogen and oxygen atoms in total. The van der Waals surface area contributed by atoms with Crippen LogP contribution in [0.15, 0.2) is 40.7 Å². The van der Waals surface area contributed by atoms with E-state index in [2.05, 4.69) is 5.32 Å². The molecule has 132 valence electrons. The minimum atomic E-state index is -1.71. The molecule has 1 aliphatic heterocycles. The van der Waals surface area contributed by atoms with Gasteiger partial charge >= 0.3 is 5.97 Å². The molecule has 1 aliphatic carbocycles. The van der Waals surface area contributed by atoms with Gasteiger partial charge in [-0.15, -0.1) is 0 Å². The summed E-state index contributed by atoms with van der Waals surface area (Å²) in [5.74, 6) is -3.76. The predicted octanol–water partition coefficient (Wildman–Crippen LogP) is 3.47. The molecular formula is C18H16F3NO3. The standard InChI is InChI=1S/C18H16F3NO3/c1-8(20)14-9(3-2-4-10(14)21)15-16-11(5-6-13(16)23)22-12(7-19)17(15)18(24)25/h2-4,8,15,22H,5-7H2,1H3,(H,24,25)/t8?,15-/m1/s1. The van der Waals surface area contributed by atoms with Gasteiger partial charge in [-0.3, -0.25) is 4.79 Å². The first kappa shape index (κ1) is 17.3. The summed E-state index contributed by atoms with van der Waals surface area (Å²) < 4.78 is 41.7. The Morgan fingerprint density at radius 3 is 2.72 bits per heavy atom. The van der Waals surface area contributed by atoms with E-state index in [4.69, 9.17) is 0 Å². The Morgan fingerprint density at radius 1 is 1.40 bits per heavy atom. The number of Topliss-reactive ketones (excluding diaryl/α,β-unsaturated/α-hetero) is 1. The average Bonchev–Trinajstić information content (AvgIpc) is 2.93. The van der Waals surface area contributed by atoms with Crippen molar-refractivity contribution in [1.82, 2.24) is 5.32 Å². The number of aliphatic carboxylic acids is 1. The molecule has 1 heterocycles. The molecule has 0 saturated heterocycles. The summed E-state index contributed by atoms with van der Waals surface area (Å²) in [5.41, 5.74) is -0.256. The number of hydrogen-bond acceptors (Lipinski definition) is 3. The quantitative estimate of drug-likeness (QED) is 0.872. The number of dihydropyridines is 1. The van der Waals surface area contributed by atoms with E-state index in [0.29, 0.717) is 12.1 Å². The summed E-state index contributed by atoms with van der Waals surface area (Å²) in [7, 11) is 0. The number of rotatable bonds is 4. The van der Waals surface area contributed by atoms with Crippen LogP contribution < -0.4 is 5.32 Å². The zero-order valence-corrected chi connectivity index (χ0v) is 13.4. The summed E-state index contributed by atoms with van der Waals surface area (Å²) >= 11 is 0. The van der Waals surface area contributed by atoms with Gasteiger partial charge in [-0.05, 0) is 25.0 Å². The van der Waals surface area contributed by atoms with E-state index in [1.54, 1.807) is 0 Å². The van der Waals surface area contributed by atoms with Crippen molar-refractivity contribution in [3.05, 3.63) is 57.7 Å². The maximum atomic E-state index is 14.2. The topological polar surface area (TPSA) is 66.4 Å². The SMILES string of the molecule is CC(F)c1c(F)cccc1[C@H]1C(C(=O)O)=C(CF)NC2=C1C(=O)CC2. The highest BCUT2D eigenvalue weighted by Gasteiger charge is 2.42. The number of carbonyl (C=O) groups is 2. The van der Waals surface area contributed by atoms with Crippen molar-refractivity contribution >= 4 is 11.8 Å². The van der Waals surface area contributed by atoms with E-state index >= 15 is 0 Å². The van der Waals surface area contributed by atoms with Crippen LogP contribution in [0.25, 0.3) is 0 Å². The molecule has 0 fully saturated rings. The van der Waals surface area contributed by atoms with Gasteiger partial charge in [0, 0.05) is 29.2 Å². The Balaban J connectivity index is 2.31. The minimum absolute atomic E-state index is 0.0441. The van der Waals surface area contributed by atoms with Crippen LogP contribution >= 0.6 is 0 Å². The fourth-order valence-electron chi connectivity index (χ4n) is 3.60. The first-order chi connectivity index (χ1) is 11.9. The first-order valence-corrected chi connectivity index (χ1v) is 7.84. The number of halogens is 3. The van der Waals surface area contributed by atoms with Crippen molar-refractivity contribution in [2.24, 2.45) is 0 Å². The third kappa shape index (κ3) is 2.73. The van der Waals surface area contributed by atoms with Gasteiger partial charge in [0.05, 0.1) is 11.3 Å². The van der Waals surface area contributed by atoms with E-state index < -0.39 is 30.6 Å². The molecule has 0 saturated carbocycles. The summed E-state index contributed by atoms with van der Waals surface area (Å²) in [6, 6.07) is 3.79. The molecule has 0 bridgehead atoms. The number of carbonyl (C=O) groups excluding carboxylic acids is 1. The van der Waals surface area contributed by atoms with Gasteiger partial charge in [0.1, 0.15) is 18.7 Å². The summed E-state index contributed by atoms with van der Waals surface area (Å²) in [5, 5.41) is 12.3. The van der Waals surface area contributed by atoms with E-state index in [9.17, 15) is 27.9 Å². The molecule has 3 rings (SSSR count). The molecule has 7 heteroatoms. The first-order valence-electron chi connectivity index (χ1n) is 7.84. The number of alkyl halides is 2. The Morgan fingerprint density at radius 2 is 2.12 bits per heavy atom.